The first-order valence-electron chi connectivity index (χ1n) is 18.4. The van der Waals surface area contributed by atoms with Crippen molar-refractivity contribution in [2.75, 3.05) is 0 Å². The fourth-order valence-electron chi connectivity index (χ4n) is 8.61. The van der Waals surface area contributed by atoms with Crippen LogP contribution in [-0.4, -0.2) is 22.1 Å². The fraction of sp³-hybridized carbons (Fsp3) is 0. The molecule has 7 heteroatoms. The zero-order valence-corrected chi connectivity index (χ0v) is 30.7. The summed E-state index contributed by atoms with van der Waals surface area (Å²) >= 11 is 0. The second-order valence-corrected chi connectivity index (χ2v) is 16.0. The van der Waals surface area contributed by atoms with Crippen LogP contribution in [0.5, 0.6) is 0 Å². The van der Waals surface area contributed by atoms with E-state index in [9.17, 15) is 13.7 Å². The number of aromatic nitrogens is 3. The lowest BCUT2D eigenvalue weighted by Crippen LogP contribution is -2.04. The van der Waals surface area contributed by atoms with Gasteiger partial charge in [0.25, 0.3) is 0 Å². The molecule has 0 fully saturated rings. The first-order chi connectivity index (χ1) is 27.5. The Morgan fingerprint density at radius 1 is 0.375 bits per heavy atom. The van der Waals surface area contributed by atoms with Crippen molar-refractivity contribution in [3.05, 3.63) is 188 Å². The maximum atomic E-state index is 14.2. The van der Waals surface area contributed by atoms with Gasteiger partial charge in [-0.15, -0.1) is 0 Å². The molecule has 0 amide bonds. The number of rotatable bonds is 5. The molecule has 0 radical (unpaired) electrons. The molecule has 11 aromatic rings. The van der Waals surface area contributed by atoms with Crippen molar-refractivity contribution < 1.29 is 8.42 Å². The van der Waals surface area contributed by atoms with Crippen molar-refractivity contribution in [2.24, 2.45) is 0 Å². The van der Waals surface area contributed by atoms with Gasteiger partial charge in [-0.3, -0.25) is 0 Å². The van der Waals surface area contributed by atoms with Crippen LogP contribution in [-0.2, 0) is 9.84 Å². The molecule has 8 aromatic carbocycles. The van der Waals surface area contributed by atoms with Crippen LogP contribution in [0, 0.1) is 11.3 Å². The molecular formula is C49H30N4O2S. The number of benzene rings is 8. The third kappa shape index (κ3) is 4.57. The summed E-state index contributed by atoms with van der Waals surface area (Å²) in [7, 11) is -3.92. The van der Waals surface area contributed by atoms with Crippen molar-refractivity contribution in [3.63, 3.8) is 0 Å². The second-order valence-electron chi connectivity index (χ2n) is 14.1. The molecule has 0 aliphatic carbocycles. The van der Waals surface area contributed by atoms with E-state index in [4.69, 9.17) is 0 Å². The van der Waals surface area contributed by atoms with E-state index in [1.807, 2.05) is 24.3 Å². The Hall–Kier alpha value is -7.40. The quantitative estimate of drug-likeness (QED) is 0.176. The molecular weight excluding hydrogens is 709 g/mol. The maximum Gasteiger partial charge on any atom is 0.206 e. The van der Waals surface area contributed by atoms with Gasteiger partial charge in [-0.2, -0.15) is 5.26 Å². The van der Waals surface area contributed by atoms with E-state index in [2.05, 4.69) is 141 Å². The Kier molecular flexibility index (Phi) is 6.90. The molecule has 3 heterocycles. The molecule has 264 valence electrons. The zero-order chi connectivity index (χ0) is 37.5. The molecule has 0 saturated heterocycles. The van der Waals surface area contributed by atoms with E-state index in [0.717, 1.165) is 82.5 Å². The normalized spacial score (nSPS) is 12.1. The first kappa shape index (κ1) is 32.1. The lowest BCUT2D eigenvalue weighted by Gasteiger charge is -2.14. The summed E-state index contributed by atoms with van der Waals surface area (Å²) in [6.45, 7) is 0. The number of hydrogen-bond donors (Lipinski definition) is 0. The molecule has 0 saturated carbocycles. The molecule has 0 atom stereocenters. The summed E-state index contributed by atoms with van der Waals surface area (Å²) in [6.07, 6.45) is 0. The third-order valence-corrected chi connectivity index (χ3v) is 12.8. The van der Waals surface area contributed by atoms with E-state index in [0.29, 0.717) is 5.56 Å². The average molecular weight is 739 g/mol. The zero-order valence-electron chi connectivity index (χ0n) is 29.8. The fourth-order valence-corrected chi connectivity index (χ4v) is 9.91. The highest BCUT2D eigenvalue weighted by molar-refractivity contribution is 7.91. The number of para-hydroxylation sites is 4. The van der Waals surface area contributed by atoms with E-state index in [-0.39, 0.29) is 9.79 Å². The Morgan fingerprint density at radius 2 is 0.857 bits per heavy atom. The van der Waals surface area contributed by atoms with Gasteiger partial charge in [-0.25, -0.2) is 8.42 Å². The molecule has 0 aliphatic heterocycles. The lowest BCUT2D eigenvalue weighted by atomic mass is 10.1. The van der Waals surface area contributed by atoms with Crippen LogP contribution in [0.25, 0.3) is 82.5 Å². The molecule has 11 rings (SSSR count). The lowest BCUT2D eigenvalue weighted by molar-refractivity contribution is 0.596. The Labute approximate surface area is 321 Å². The first-order valence-corrected chi connectivity index (χ1v) is 19.9. The summed E-state index contributed by atoms with van der Waals surface area (Å²) in [5.41, 5.74) is 9.50. The monoisotopic (exact) mass is 738 g/mol. The van der Waals surface area contributed by atoms with Crippen LogP contribution in [0.1, 0.15) is 5.56 Å². The minimum atomic E-state index is -3.92. The predicted octanol–water partition coefficient (Wildman–Crippen LogP) is 11.7. The predicted molar refractivity (Wildman–Crippen MR) is 226 cm³/mol. The molecule has 6 nitrogen and oxygen atoms in total. The van der Waals surface area contributed by atoms with E-state index >= 15 is 0 Å². The van der Waals surface area contributed by atoms with Crippen LogP contribution < -0.4 is 0 Å². The van der Waals surface area contributed by atoms with Crippen molar-refractivity contribution in [2.45, 2.75) is 9.79 Å². The van der Waals surface area contributed by atoms with Gasteiger partial charge < -0.3 is 13.7 Å². The highest BCUT2D eigenvalue weighted by atomic mass is 32.2. The summed E-state index contributed by atoms with van der Waals surface area (Å²) < 4.78 is 35.3. The summed E-state index contributed by atoms with van der Waals surface area (Å²) in [5, 5.41) is 15.9. The highest BCUT2D eigenvalue weighted by Crippen LogP contribution is 2.44. The van der Waals surface area contributed by atoms with Crippen LogP contribution in [0.15, 0.2) is 192 Å². The van der Waals surface area contributed by atoms with Crippen molar-refractivity contribution in [1.29, 1.82) is 5.26 Å². The van der Waals surface area contributed by atoms with Gasteiger partial charge >= 0.3 is 0 Å². The van der Waals surface area contributed by atoms with Gasteiger partial charge in [0.2, 0.25) is 9.84 Å². The van der Waals surface area contributed by atoms with Crippen LogP contribution in [0.2, 0.25) is 0 Å². The van der Waals surface area contributed by atoms with Crippen LogP contribution in [0.3, 0.4) is 0 Å². The molecule has 0 unspecified atom stereocenters. The minimum absolute atomic E-state index is 0.137. The topological polar surface area (TPSA) is 72.7 Å². The van der Waals surface area contributed by atoms with Gasteiger partial charge in [0.15, 0.2) is 0 Å². The van der Waals surface area contributed by atoms with Crippen LogP contribution in [0.4, 0.5) is 0 Å². The summed E-state index contributed by atoms with van der Waals surface area (Å²) in [6, 6.07) is 62.3. The average Bonchev–Trinajstić information content (AvgIpc) is 3.89. The molecule has 0 aliphatic rings. The minimum Gasteiger partial charge on any atom is -0.309 e. The Morgan fingerprint density at radius 3 is 1.50 bits per heavy atom. The smallest absolute Gasteiger partial charge is 0.206 e. The van der Waals surface area contributed by atoms with Crippen LogP contribution >= 0.6 is 0 Å². The number of fused-ring (bicyclic) bond motifs is 10. The molecule has 56 heavy (non-hydrogen) atoms. The van der Waals surface area contributed by atoms with E-state index in [1.54, 1.807) is 24.3 Å². The number of sulfone groups is 1. The van der Waals surface area contributed by atoms with Gasteiger partial charge in [0.05, 0.1) is 54.5 Å². The van der Waals surface area contributed by atoms with Crippen molar-refractivity contribution in [3.8, 4) is 23.1 Å². The molecule has 3 aromatic heterocycles. The molecule has 0 spiro atoms. The summed E-state index contributed by atoms with van der Waals surface area (Å²) in [5.74, 6) is 0. The van der Waals surface area contributed by atoms with Crippen molar-refractivity contribution >= 4 is 75.3 Å². The SMILES string of the molecule is N#Cc1ccc(S(=O)(=O)c2cccc(-n3c4cc5c6ccccc6n(-c6ccccc6)c5cc4c4ccc5c6ccccc6n(-c6ccccc6)c5c43)c2)cc1. The van der Waals surface area contributed by atoms with Crippen molar-refractivity contribution in [1.82, 2.24) is 13.7 Å². The van der Waals surface area contributed by atoms with Gasteiger partial charge in [-0.1, -0.05) is 91.0 Å². The van der Waals surface area contributed by atoms with Gasteiger partial charge in [0.1, 0.15) is 0 Å². The van der Waals surface area contributed by atoms with Gasteiger partial charge in [-0.05, 0) is 91.0 Å². The number of hydrogen-bond acceptors (Lipinski definition) is 3. The Bertz CT molecular complexity index is 3540. The number of nitrogens with zero attached hydrogens (tertiary/aromatic N) is 4. The maximum absolute atomic E-state index is 14.2. The Balaban J connectivity index is 1.31. The molecule has 0 N–H and O–H groups in total. The molecule has 0 bridgehead atoms. The summed E-state index contributed by atoms with van der Waals surface area (Å²) in [4.78, 5) is 0.310. The standard InChI is InChI=1S/C49H30N4O2S/c50-31-32-22-24-36(25-23-32)56(54,55)37-17-11-16-35(28-37)53-47-29-42-39-19-8-9-20-44(39)51(33-12-3-1-4-13-33)46(42)30-43(47)41-27-26-40-38-18-7-10-21-45(38)52(48(40)49(41)53)34-14-5-2-6-15-34/h1-30H. The van der Waals surface area contributed by atoms with Gasteiger partial charge in [0, 0.05) is 49.4 Å². The largest absolute Gasteiger partial charge is 0.309 e. The van der Waals surface area contributed by atoms with E-state index in [1.165, 1.54) is 12.1 Å². The number of nitriles is 1. The van der Waals surface area contributed by atoms with E-state index < -0.39 is 9.84 Å². The second kappa shape index (κ2) is 12.1. The third-order valence-electron chi connectivity index (χ3n) is 11.1. The highest BCUT2D eigenvalue weighted by Gasteiger charge is 2.25.